The summed E-state index contributed by atoms with van der Waals surface area (Å²) < 4.78 is 32.9. The molecule has 0 bridgehead atoms. The minimum atomic E-state index is -3.91. The SMILES string of the molecule is CCCCCc1ncc(C(=S)NO)c(NS(=O)(=O)c2ccc(OC)cc2)n1. The zero-order valence-corrected chi connectivity index (χ0v) is 16.7. The van der Waals surface area contributed by atoms with E-state index >= 15 is 0 Å². The zero-order chi connectivity index (χ0) is 19.9. The van der Waals surface area contributed by atoms with E-state index in [-0.39, 0.29) is 21.3 Å². The van der Waals surface area contributed by atoms with Gasteiger partial charge in [-0.25, -0.2) is 18.4 Å². The summed E-state index contributed by atoms with van der Waals surface area (Å²) in [6, 6.07) is 5.94. The first kappa shape index (κ1) is 21.0. The van der Waals surface area contributed by atoms with E-state index in [0.717, 1.165) is 19.3 Å². The van der Waals surface area contributed by atoms with Gasteiger partial charge in [0.25, 0.3) is 10.0 Å². The van der Waals surface area contributed by atoms with Crippen LogP contribution in [0.2, 0.25) is 0 Å². The summed E-state index contributed by atoms with van der Waals surface area (Å²) in [5.41, 5.74) is 2.02. The predicted molar refractivity (Wildman–Crippen MR) is 106 cm³/mol. The van der Waals surface area contributed by atoms with Gasteiger partial charge in [0.1, 0.15) is 16.6 Å². The number of thiocarbonyl (C=S) groups is 1. The van der Waals surface area contributed by atoms with Crippen molar-refractivity contribution in [1.29, 1.82) is 0 Å². The standard InChI is InChI=1S/C17H22N4O4S2/c1-3-4-5-6-15-18-11-14(17(26)20-22)16(19-15)21-27(23,24)13-9-7-12(25-2)8-10-13/h7-11,22H,3-6H2,1-2H3,(H,20,26)(H,18,19,21). The fourth-order valence-electron chi connectivity index (χ4n) is 2.32. The van der Waals surface area contributed by atoms with Crippen LogP contribution in [0.4, 0.5) is 5.82 Å². The summed E-state index contributed by atoms with van der Waals surface area (Å²) in [6.45, 7) is 2.09. The average molecular weight is 411 g/mol. The van der Waals surface area contributed by atoms with Crippen molar-refractivity contribution in [2.45, 2.75) is 37.5 Å². The Morgan fingerprint density at radius 2 is 1.96 bits per heavy atom. The molecule has 146 valence electrons. The fourth-order valence-corrected chi connectivity index (χ4v) is 3.49. The number of aryl methyl sites for hydroxylation is 1. The lowest BCUT2D eigenvalue weighted by molar-refractivity contribution is 0.238. The Labute approximate surface area is 164 Å². The molecule has 0 fully saturated rings. The third-order valence-corrected chi connectivity index (χ3v) is 5.46. The van der Waals surface area contributed by atoms with Crippen LogP contribution in [-0.2, 0) is 16.4 Å². The number of hydrogen-bond donors (Lipinski definition) is 3. The molecule has 0 saturated carbocycles. The molecule has 27 heavy (non-hydrogen) atoms. The molecule has 0 aliphatic heterocycles. The number of nitrogens with zero attached hydrogens (tertiary/aromatic N) is 2. The maximum absolute atomic E-state index is 12.7. The largest absolute Gasteiger partial charge is 0.497 e. The summed E-state index contributed by atoms with van der Waals surface area (Å²) in [7, 11) is -2.41. The lowest BCUT2D eigenvalue weighted by atomic mass is 10.2. The van der Waals surface area contributed by atoms with Gasteiger partial charge in [0.2, 0.25) is 0 Å². The predicted octanol–water partition coefficient (Wildman–Crippen LogP) is 2.67. The Kier molecular flexibility index (Phi) is 7.45. The van der Waals surface area contributed by atoms with Crippen LogP contribution in [0.3, 0.4) is 0 Å². The van der Waals surface area contributed by atoms with Gasteiger partial charge in [-0.2, -0.15) is 0 Å². The second-order valence-electron chi connectivity index (χ2n) is 5.73. The maximum atomic E-state index is 12.7. The molecular weight excluding hydrogens is 388 g/mol. The molecule has 0 saturated heterocycles. The highest BCUT2D eigenvalue weighted by atomic mass is 32.2. The Balaban J connectivity index is 2.34. The molecule has 0 aliphatic rings. The minimum Gasteiger partial charge on any atom is -0.497 e. The second kappa shape index (κ2) is 9.58. The van der Waals surface area contributed by atoms with Crippen molar-refractivity contribution in [2.24, 2.45) is 0 Å². The number of sulfonamides is 1. The zero-order valence-electron chi connectivity index (χ0n) is 15.1. The number of benzene rings is 1. The summed E-state index contributed by atoms with van der Waals surface area (Å²) in [6.07, 6.45) is 4.97. The lowest BCUT2D eigenvalue weighted by Crippen LogP contribution is -2.23. The second-order valence-corrected chi connectivity index (χ2v) is 7.82. The highest BCUT2D eigenvalue weighted by Crippen LogP contribution is 2.21. The number of aromatic nitrogens is 2. The van der Waals surface area contributed by atoms with Crippen molar-refractivity contribution in [3.05, 3.63) is 41.9 Å². The monoisotopic (exact) mass is 410 g/mol. The van der Waals surface area contributed by atoms with Gasteiger partial charge in [-0.05, 0) is 30.7 Å². The maximum Gasteiger partial charge on any atom is 0.263 e. The van der Waals surface area contributed by atoms with Crippen molar-refractivity contribution in [2.75, 3.05) is 11.8 Å². The quantitative estimate of drug-likeness (QED) is 0.328. The molecule has 0 atom stereocenters. The molecule has 1 aromatic carbocycles. The van der Waals surface area contributed by atoms with E-state index in [1.54, 1.807) is 12.1 Å². The van der Waals surface area contributed by atoms with Crippen molar-refractivity contribution in [3.63, 3.8) is 0 Å². The van der Waals surface area contributed by atoms with E-state index < -0.39 is 10.0 Å². The third kappa shape index (κ3) is 5.59. The van der Waals surface area contributed by atoms with Crippen LogP contribution in [0, 0.1) is 0 Å². The Hall–Kier alpha value is -2.30. The van der Waals surface area contributed by atoms with Crippen molar-refractivity contribution in [1.82, 2.24) is 15.4 Å². The van der Waals surface area contributed by atoms with E-state index in [4.69, 9.17) is 22.2 Å². The van der Waals surface area contributed by atoms with Crippen LogP contribution in [0.25, 0.3) is 0 Å². The molecule has 10 heteroatoms. The van der Waals surface area contributed by atoms with Crippen LogP contribution >= 0.6 is 12.2 Å². The van der Waals surface area contributed by atoms with E-state index in [1.807, 2.05) is 5.48 Å². The summed E-state index contributed by atoms with van der Waals surface area (Å²) in [4.78, 5) is 8.46. The van der Waals surface area contributed by atoms with E-state index in [2.05, 4.69) is 21.6 Å². The van der Waals surface area contributed by atoms with E-state index in [1.165, 1.54) is 25.4 Å². The molecule has 1 heterocycles. The molecular formula is C17H22N4O4S2. The fraction of sp³-hybridized carbons (Fsp3) is 0.353. The summed E-state index contributed by atoms with van der Waals surface area (Å²) in [5.74, 6) is 1.06. The topological polar surface area (TPSA) is 113 Å². The number of unbranched alkanes of at least 4 members (excludes halogenated alkanes) is 2. The number of ether oxygens (including phenoxy) is 1. The summed E-state index contributed by atoms with van der Waals surface area (Å²) in [5, 5.41) is 9.09. The molecule has 0 amide bonds. The third-order valence-electron chi connectivity index (χ3n) is 3.79. The van der Waals surface area contributed by atoms with Gasteiger partial charge in [-0.15, -0.1) is 0 Å². The number of anilines is 1. The number of hydroxylamine groups is 1. The minimum absolute atomic E-state index is 0.0128. The van der Waals surface area contributed by atoms with Crippen LogP contribution in [-0.4, -0.2) is 35.7 Å². The van der Waals surface area contributed by atoms with Crippen LogP contribution in [0.5, 0.6) is 5.75 Å². The molecule has 2 aromatic rings. The highest BCUT2D eigenvalue weighted by molar-refractivity contribution is 7.92. The molecule has 3 N–H and O–H groups in total. The van der Waals surface area contributed by atoms with Gasteiger partial charge in [-0.3, -0.25) is 15.4 Å². The molecule has 2 rings (SSSR count). The molecule has 1 aromatic heterocycles. The van der Waals surface area contributed by atoms with Crippen LogP contribution in [0.1, 0.15) is 37.6 Å². The van der Waals surface area contributed by atoms with E-state index in [9.17, 15) is 8.42 Å². The first-order valence-electron chi connectivity index (χ1n) is 8.38. The lowest BCUT2D eigenvalue weighted by Gasteiger charge is -2.13. The first-order valence-corrected chi connectivity index (χ1v) is 10.3. The van der Waals surface area contributed by atoms with E-state index in [0.29, 0.717) is 18.0 Å². The first-order chi connectivity index (χ1) is 12.9. The van der Waals surface area contributed by atoms with Gasteiger partial charge < -0.3 is 4.74 Å². The van der Waals surface area contributed by atoms with Gasteiger partial charge in [0.05, 0.1) is 17.6 Å². The molecule has 0 radical (unpaired) electrons. The highest BCUT2D eigenvalue weighted by Gasteiger charge is 2.20. The number of methoxy groups -OCH3 is 1. The normalized spacial score (nSPS) is 11.1. The summed E-state index contributed by atoms with van der Waals surface area (Å²) >= 11 is 5.01. The molecule has 8 nitrogen and oxygen atoms in total. The molecule has 0 spiro atoms. The van der Waals surface area contributed by atoms with Gasteiger partial charge in [-0.1, -0.05) is 32.0 Å². The van der Waals surface area contributed by atoms with Crippen molar-refractivity contribution < 1.29 is 18.4 Å². The van der Waals surface area contributed by atoms with Crippen molar-refractivity contribution in [3.8, 4) is 5.75 Å². The number of nitrogens with one attached hydrogen (secondary N) is 2. The molecule has 0 unspecified atom stereocenters. The average Bonchev–Trinajstić information content (AvgIpc) is 2.67. The Bertz CT molecular complexity index is 886. The Morgan fingerprint density at radius 3 is 2.56 bits per heavy atom. The molecule has 0 aliphatic carbocycles. The Morgan fingerprint density at radius 1 is 1.26 bits per heavy atom. The van der Waals surface area contributed by atoms with Crippen molar-refractivity contribution >= 4 is 33.0 Å². The van der Waals surface area contributed by atoms with Gasteiger partial charge in [0.15, 0.2) is 5.82 Å². The number of hydrogen-bond acceptors (Lipinski definition) is 7. The van der Waals surface area contributed by atoms with Gasteiger partial charge in [0, 0.05) is 12.6 Å². The van der Waals surface area contributed by atoms with Gasteiger partial charge >= 0.3 is 0 Å². The van der Waals surface area contributed by atoms with Crippen LogP contribution in [0.15, 0.2) is 35.4 Å². The smallest absolute Gasteiger partial charge is 0.263 e. The number of rotatable bonds is 9. The van der Waals surface area contributed by atoms with Crippen LogP contribution < -0.4 is 14.9 Å².